The van der Waals surface area contributed by atoms with E-state index in [4.69, 9.17) is 4.98 Å². The van der Waals surface area contributed by atoms with Crippen LogP contribution in [-0.2, 0) is 6.54 Å². The second-order valence-corrected chi connectivity index (χ2v) is 6.93. The summed E-state index contributed by atoms with van der Waals surface area (Å²) in [5.74, 6) is 1.73. The largest absolute Gasteiger partial charge is 0.359 e. The van der Waals surface area contributed by atoms with Crippen molar-refractivity contribution in [2.24, 2.45) is 11.3 Å². The second kappa shape index (κ2) is 6.90. The van der Waals surface area contributed by atoms with Crippen molar-refractivity contribution >= 4 is 5.82 Å². The van der Waals surface area contributed by atoms with Gasteiger partial charge in [-0.1, -0.05) is 40.7 Å². The standard InChI is InChI=1S/C16H29N3/c1-13(2)10-17-11-14-8-7-9-15(18-14)19(6)12-16(3,4)5/h7-9,13,17H,10-12H2,1-6H3. The fraction of sp³-hybridized carbons (Fsp3) is 0.688. The molecule has 19 heavy (non-hydrogen) atoms. The summed E-state index contributed by atoms with van der Waals surface area (Å²) in [5, 5.41) is 3.43. The van der Waals surface area contributed by atoms with Gasteiger partial charge in [-0.2, -0.15) is 0 Å². The van der Waals surface area contributed by atoms with Gasteiger partial charge in [0.05, 0.1) is 5.69 Å². The smallest absolute Gasteiger partial charge is 0.128 e. The van der Waals surface area contributed by atoms with Gasteiger partial charge in [-0.3, -0.25) is 0 Å². The molecule has 0 spiro atoms. The van der Waals surface area contributed by atoms with Crippen LogP contribution in [0.3, 0.4) is 0 Å². The van der Waals surface area contributed by atoms with Crippen LogP contribution < -0.4 is 10.2 Å². The zero-order valence-electron chi connectivity index (χ0n) is 13.3. The third kappa shape index (κ3) is 6.58. The van der Waals surface area contributed by atoms with E-state index >= 15 is 0 Å². The van der Waals surface area contributed by atoms with Crippen LogP contribution in [-0.4, -0.2) is 25.1 Å². The second-order valence-electron chi connectivity index (χ2n) is 6.93. The van der Waals surface area contributed by atoms with Gasteiger partial charge in [-0.05, 0) is 30.0 Å². The van der Waals surface area contributed by atoms with Crippen LogP contribution in [0.5, 0.6) is 0 Å². The Morgan fingerprint density at radius 3 is 2.53 bits per heavy atom. The number of rotatable bonds is 6. The molecule has 0 unspecified atom stereocenters. The van der Waals surface area contributed by atoms with Gasteiger partial charge < -0.3 is 10.2 Å². The van der Waals surface area contributed by atoms with Crippen molar-refractivity contribution in [1.29, 1.82) is 0 Å². The molecule has 0 aliphatic carbocycles. The molecule has 0 saturated carbocycles. The molecule has 1 N–H and O–H groups in total. The summed E-state index contributed by atoms with van der Waals surface area (Å²) in [6.07, 6.45) is 0. The summed E-state index contributed by atoms with van der Waals surface area (Å²) in [4.78, 5) is 6.95. The Bertz CT molecular complexity index is 380. The molecule has 0 radical (unpaired) electrons. The highest BCUT2D eigenvalue weighted by molar-refractivity contribution is 5.38. The number of nitrogens with one attached hydrogen (secondary N) is 1. The van der Waals surface area contributed by atoms with Crippen molar-refractivity contribution in [1.82, 2.24) is 10.3 Å². The molecule has 0 amide bonds. The van der Waals surface area contributed by atoms with E-state index in [1.165, 1.54) is 0 Å². The van der Waals surface area contributed by atoms with E-state index in [1.54, 1.807) is 0 Å². The predicted molar refractivity (Wildman–Crippen MR) is 83.5 cm³/mol. The first-order chi connectivity index (χ1) is 8.78. The average Bonchev–Trinajstić information content (AvgIpc) is 2.26. The first kappa shape index (κ1) is 16.0. The topological polar surface area (TPSA) is 28.2 Å². The molecular formula is C16H29N3. The van der Waals surface area contributed by atoms with Gasteiger partial charge in [-0.15, -0.1) is 0 Å². The Morgan fingerprint density at radius 1 is 1.26 bits per heavy atom. The van der Waals surface area contributed by atoms with E-state index in [1.807, 2.05) is 0 Å². The minimum Gasteiger partial charge on any atom is -0.359 e. The fourth-order valence-electron chi connectivity index (χ4n) is 2.06. The maximum absolute atomic E-state index is 4.72. The Labute approximate surface area is 118 Å². The monoisotopic (exact) mass is 263 g/mol. The third-order valence-corrected chi connectivity index (χ3v) is 2.75. The summed E-state index contributed by atoms with van der Waals surface area (Å²) in [7, 11) is 2.11. The van der Waals surface area contributed by atoms with E-state index in [0.717, 1.165) is 31.1 Å². The fourth-order valence-corrected chi connectivity index (χ4v) is 2.06. The first-order valence-electron chi connectivity index (χ1n) is 7.16. The first-order valence-corrected chi connectivity index (χ1v) is 7.16. The van der Waals surface area contributed by atoms with E-state index in [0.29, 0.717) is 5.92 Å². The molecule has 1 aromatic rings. The van der Waals surface area contributed by atoms with Crippen molar-refractivity contribution < 1.29 is 0 Å². The van der Waals surface area contributed by atoms with E-state index < -0.39 is 0 Å². The van der Waals surface area contributed by atoms with Crippen LogP contribution in [0.4, 0.5) is 5.82 Å². The summed E-state index contributed by atoms with van der Waals surface area (Å²) >= 11 is 0. The number of anilines is 1. The molecular weight excluding hydrogens is 234 g/mol. The van der Waals surface area contributed by atoms with Crippen LogP contribution in [0.1, 0.15) is 40.3 Å². The Morgan fingerprint density at radius 2 is 1.95 bits per heavy atom. The molecule has 0 atom stereocenters. The molecule has 0 fully saturated rings. The number of hydrogen-bond donors (Lipinski definition) is 1. The van der Waals surface area contributed by atoms with Gasteiger partial charge >= 0.3 is 0 Å². The van der Waals surface area contributed by atoms with Gasteiger partial charge in [-0.25, -0.2) is 4.98 Å². The zero-order chi connectivity index (χ0) is 14.5. The van der Waals surface area contributed by atoms with Gasteiger partial charge in [0.25, 0.3) is 0 Å². The summed E-state index contributed by atoms with van der Waals surface area (Å²) in [5.41, 5.74) is 1.39. The van der Waals surface area contributed by atoms with Gasteiger partial charge in [0, 0.05) is 20.1 Å². The molecule has 1 heterocycles. The summed E-state index contributed by atoms with van der Waals surface area (Å²) in [6.45, 7) is 14.1. The Hall–Kier alpha value is -1.09. The summed E-state index contributed by atoms with van der Waals surface area (Å²) in [6, 6.07) is 6.26. The molecule has 0 aliphatic rings. The third-order valence-electron chi connectivity index (χ3n) is 2.75. The number of aromatic nitrogens is 1. The van der Waals surface area contributed by atoms with Crippen molar-refractivity contribution in [3.8, 4) is 0 Å². The molecule has 0 aliphatic heterocycles. The minimum absolute atomic E-state index is 0.280. The van der Waals surface area contributed by atoms with Gasteiger partial charge in [0.1, 0.15) is 5.82 Å². The minimum atomic E-state index is 0.280. The number of nitrogens with zero attached hydrogens (tertiary/aromatic N) is 2. The lowest BCUT2D eigenvalue weighted by molar-refractivity contribution is 0.417. The van der Waals surface area contributed by atoms with Crippen LogP contribution in [0.25, 0.3) is 0 Å². The van der Waals surface area contributed by atoms with Crippen molar-refractivity contribution in [2.45, 2.75) is 41.2 Å². The lowest BCUT2D eigenvalue weighted by Gasteiger charge is -2.27. The van der Waals surface area contributed by atoms with Crippen LogP contribution in [0, 0.1) is 11.3 Å². The molecule has 1 rings (SSSR count). The van der Waals surface area contributed by atoms with Crippen LogP contribution in [0.15, 0.2) is 18.2 Å². The lowest BCUT2D eigenvalue weighted by atomic mass is 9.96. The molecule has 108 valence electrons. The molecule has 1 aromatic heterocycles. The normalized spacial score (nSPS) is 11.9. The molecule has 0 bridgehead atoms. The highest BCUT2D eigenvalue weighted by Crippen LogP contribution is 2.18. The average molecular weight is 263 g/mol. The Kier molecular flexibility index (Phi) is 5.80. The van der Waals surface area contributed by atoms with E-state index in [2.05, 4.69) is 70.1 Å². The number of hydrogen-bond acceptors (Lipinski definition) is 3. The molecule has 0 saturated heterocycles. The lowest BCUT2D eigenvalue weighted by Crippen LogP contribution is -2.30. The quantitative estimate of drug-likeness (QED) is 0.853. The highest BCUT2D eigenvalue weighted by Gasteiger charge is 2.14. The van der Waals surface area contributed by atoms with Crippen molar-refractivity contribution in [3.05, 3.63) is 23.9 Å². The molecule has 3 heteroatoms. The van der Waals surface area contributed by atoms with Crippen LogP contribution >= 0.6 is 0 Å². The van der Waals surface area contributed by atoms with Crippen molar-refractivity contribution in [3.63, 3.8) is 0 Å². The maximum atomic E-state index is 4.72. The van der Waals surface area contributed by atoms with E-state index in [-0.39, 0.29) is 5.41 Å². The van der Waals surface area contributed by atoms with Crippen molar-refractivity contribution in [2.75, 3.05) is 25.0 Å². The van der Waals surface area contributed by atoms with E-state index in [9.17, 15) is 0 Å². The van der Waals surface area contributed by atoms with Gasteiger partial charge in [0.15, 0.2) is 0 Å². The predicted octanol–water partition coefficient (Wildman–Crippen LogP) is 3.31. The molecule has 3 nitrogen and oxygen atoms in total. The van der Waals surface area contributed by atoms with Gasteiger partial charge in [0.2, 0.25) is 0 Å². The Balaban J connectivity index is 2.61. The summed E-state index contributed by atoms with van der Waals surface area (Å²) < 4.78 is 0. The zero-order valence-corrected chi connectivity index (χ0v) is 13.3. The van der Waals surface area contributed by atoms with Crippen LogP contribution in [0.2, 0.25) is 0 Å². The highest BCUT2D eigenvalue weighted by atomic mass is 15.2. The number of pyridine rings is 1. The maximum Gasteiger partial charge on any atom is 0.128 e. The SMILES string of the molecule is CC(C)CNCc1cccc(N(C)CC(C)(C)C)n1. The molecule has 0 aromatic carbocycles.